The van der Waals surface area contributed by atoms with Crippen LogP contribution in [0.2, 0.25) is 0 Å². The Morgan fingerprint density at radius 3 is 2.08 bits per heavy atom. The maximum Gasteiger partial charge on any atom is 0.413 e. The summed E-state index contributed by atoms with van der Waals surface area (Å²) in [5.41, 5.74) is -0.515. The molecular weight excluding hydrogens is 525 g/mol. The van der Waals surface area contributed by atoms with E-state index in [-0.39, 0.29) is 24.5 Å². The maximum atomic E-state index is 15.1. The first-order valence-electron chi connectivity index (χ1n) is 12.1. The number of benzene rings is 1. The summed E-state index contributed by atoms with van der Waals surface area (Å²) >= 11 is 0. The number of carbonyl (C=O) groups is 1. The lowest BCUT2D eigenvalue weighted by Gasteiger charge is -2.31. The zero-order valence-electron chi connectivity index (χ0n) is 21.0. The molecule has 1 amide bonds. The third-order valence-electron chi connectivity index (χ3n) is 7.22. The number of amides is 1. The van der Waals surface area contributed by atoms with Crippen molar-refractivity contribution in [1.29, 1.82) is 0 Å². The summed E-state index contributed by atoms with van der Waals surface area (Å²) in [6.07, 6.45) is -10.3. The highest BCUT2D eigenvalue weighted by Crippen LogP contribution is 2.42. The smallest absolute Gasteiger partial charge is 0.353 e. The second-order valence-electron chi connectivity index (χ2n) is 10.00. The molecule has 2 aliphatic rings. The second kappa shape index (κ2) is 10.8. The van der Waals surface area contributed by atoms with Crippen LogP contribution in [0.4, 0.5) is 39.5 Å². The van der Waals surface area contributed by atoms with E-state index in [0.717, 1.165) is 11.6 Å². The molecule has 0 aliphatic heterocycles. The molecule has 0 saturated heterocycles. The summed E-state index contributed by atoms with van der Waals surface area (Å²) in [5.74, 6) is -9.64. The van der Waals surface area contributed by atoms with Crippen LogP contribution in [0.25, 0.3) is 0 Å². The van der Waals surface area contributed by atoms with Crippen LogP contribution in [-0.4, -0.2) is 30.2 Å². The minimum absolute atomic E-state index is 0.105. The minimum atomic E-state index is -5.07. The molecule has 1 fully saturated rings. The van der Waals surface area contributed by atoms with Crippen LogP contribution < -0.4 is 5.32 Å². The van der Waals surface area contributed by atoms with E-state index < -0.39 is 78.3 Å². The summed E-state index contributed by atoms with van der Waals surface area (Å²) in [5, 5.41) is 2.36. The molecule has 3 rings (SSSR count). The first-order valence-corrected chi connectivity index (χ1v) is 12.1. The lowest BCUT2D eigenvalue weighted by Crippen LogP contribution is -2.44. The zero-order chi connectivity index (χ0) is 28.6. The van der Waals surface area contributed by atoms with Crippen molar-refractivity contribution in [1.82, 2.24) is 5.32 Å². The SMILES string of the molecule is Cc1cc(C(/C=C(\F)C2=CCC(C(=O)NC3CCC(F)(F)CC3)C(C(F)(F)F)=C2)C(F)(F)F)cc(C)c1C. The molecule has 0 radical (unpaired) electrons. The van der Waals surface area contributed by atoms with Gasteiger partial charge < -0.3 is 5.32 Å². The number of hydrogen-bond donors (Lipinski definition) is 1. The van der Waals surface area contributed by atoms with Gasteiger partial charge in [-0.25, -0.2) is 13.2 Å². The molecule has 0 aromatic heterocycles. The number of alkyl halides is 8. The van der Waals surface area contributed by atoms with Crippen LogP contribution in [0, 0.1) is 26.7 Å². The monoisotopic (exact) mass is 553 g/mol. The topological polar surface area (TPSA) is 29.1 Å². The van der Waals surface area contributed by atoms with Crippen molar-refractivity contribution in [3.63, 3.8) is 0 Å². The van der Waals surface area contributed by atoms with Crippen LogP contribution in [-0.2, 0) is 4.79 Å². The van der Waals surface area contributed by atoms with Crippen LogP contribution in [0.5, 0.6) is 0 Å². The van der Waals surface area contributed by atoms with Gasteiger partial charge in [0.05, 0.1) is 5.92 Å². The van der Waals surface area contributed by atoms with Crippen molar-refractivity contribution in [3.05, 3.63) is 69.6 Å². The summed E-state index contributed by atoms with van der Waals surface area (Å²) in [4.78, 5) is 12.6. The van der Waals surface area contributed by atoms with Crippen molar-refractivity contribution >= 4 is 5.91 Å². The molecule has 1 aromatic carbocycles. The van der Waals surface area contributed by atoms with E-state index in [9.17, 15) is 39.9 Å². The number of nitrogens with one attached hydrogen (secondary N) is 1. The van der Waals surface area contributed by atoms with Crippen LogP contribution in [0.15, 0.2) is 47.3 Å². The first-order chi connectivity index (χ1) is 17.4. The molecule has 11 heteroatoms. The number of carbonyl (C=O) groups excluding carboxylic acids is 1. The van der Waals surface area contributed by atoms with Crippen molar-refractivity contribution in [2.45, 2.75) is 83.1 Å². The quantitative estimate of drug-likeness (QED) is 0.366. The maximum absolute atomic E-state index is 15.1. The molecule has 2 nitrogen and oxygen atoms in total. The largest absolute Gasteiger partial charge is 0.413 e. The van der Waals surface area contributed by atoms with Gasteiger partial charge in [0.1, 0.15) is 11.7 Å². The van der Waals surface area contributed by atoms with Gasteiger partial charge in [-0.1, -0.05) is 18.2 Å². The fraction of sp³-hybridized carbons (Fsp3) is 0.519. The molecule has 38 heavy (non-hydrogen) atoms. The molecule has 0 spiro atoms. The van der Waals surface area contributed by atoms with Gasteiger partial charge in [0.2, 0.25) is 11.8 Å². The Labute approximate surface area is 214 Å². The van der Waals surface area contributed by atoms with Gasteiger partial charge in [0.15, 0.2) is 0 Å². The van der Waals surface area contributed by atoms with Crippen molar-refractivity contribution in [2.24, 2.45) is 5.92 Å². The summed E-state index contributed by atoms with van der Waals surface area (Å²) in [6.45, 7) is 4.93. The predicted octanol–water partition coefficient (Wildman–Crippen LogP) is 8.24. The number of halogens is 9. The van der Waals surface area contributed by atoms with E-state index in [1.54, 1.807) is 20.8 Å². The molecule has 1 N–H and O–H groups in total. The summed E-state index contributed by atoms with van der Waals surface area (Å²) < 4.78 is 125. The van der Waals surface area contributed by atoms with Gasteiger partial charge in [0, 0.05) is 30.0 Å². The van der Waals surface area contributed by atoms with E-state index in [1.807, 2.05) is 0 Å². The number of allylic oxidation sites excluding steroid dienone is 5. The van der Waals surface area contributed by atoms with E-state index in [0.29, 0.717) is 17.2 Å². The van der Waals surface area contributed by atoms with E-state index in [2.05, 4.69) is 5.32 Å². The second-order valence-corrected chi connectivity index (χ2v) is 10.00. The van der Waals surface area contributed by atoms with Gasteiger partial charge in [-0.05, 0) is 74.4 Å². The molecule has 2 aliphatic carbocycles. The number of aryl methyl sites for hydroxylation is 2. The highest BCUT2D eigenvalue weighted by molar-refractivity contribution is 5.83. The zero-order valence-corrected chi connectivity index (χ0v) is 21.0. The van der Waals surface area contributed by atoms with Crippen molar-refractivity contribution in [3.8, 4) is 0 Å². The van der Waals surface area contributed by atoms with Crippen LogP contribution in [0.1, 0.15) is 60.3 Å². The standard InChI is InChI=1S/C27H28F9NO/c1-14-10-18(11-15(2)16(14)3)21(26(31,32)33)13-23(28)17-4-5-20(22(12-17)27(34,35)36)24(38)37-19-6-8-25(29,30)9-7-19/h4,10-13,19-21H,5-9H2,1-3H3,(H,37,38)/b23-13-. The van der Waals surface area contributed by atoms with Gasteiger partial charge in [0.25, 0.3) is 0 Å². The number of rotatable bonds is 5. The van der Waals surface area contributed by atoms with Gasteiger partial charge in [-0.3, -0.25) is 4.79 Å². The van der Waals surface area contributed by atoms with Crippen molar-refractivity contribution < 1.29 is 44.3 Å². The molecule has 0 bridgehead atoms. The molecule has 1 saturated carbocycles. The van der Waals surface area contributed by atoms with Crippen molar-refractivity contribution in [2.75, 3.05) is 0 Å². The van der Waals surface area contributed by atoms with Crippen LogP contribution >= 0.6 is 0 Å². The first kappa shape index (κ1) is 29.8. The third kappa shape index (κ3) is 7.02. The third-order valence-corrected chi connectivity index (χ3v) is 7.22. The highest BCUT2D eigenvalue weighted by Gasteiger charge is 2.45. The van der Waals surface area contributed by atoms with Gasteiger partial charge in [-0.2, -0.15) is 26.3 Å². The average Bonchev–Trinajstić information content (AvgIpc) is 2.80. The Morgan fingerprint density at radius 1 is 1.03 bits per heavy atom. The highest BCUT2D eigenvalue weighted by atomic mass is 19.4. The Balaban J connectivity index is 1.88. The molecule has 1 aromatic rings. The van der Waals surface area contributed by atoms with Crippen LogP contribution in [0.3, 0.4) is 0 Å². The molecular formula is C27H28F9NO. The fourth-order valence-corrected chi connectivity index (χ4v) is 4.75. The molecule has 2 atom stereocenters. The predicted molar refractivity (Wildman–Crippen MR) is 124 cm³/mol. The Bertz CT molecular complexity index is 1130. The lowest BCUT2D eigenvalue weighted by molar-refractivity contribution is -0.139. The van der Waals surface area contributed by atoms with E-state index in [1.165, 1.54) is 12.1 Å². The van der Waals surface area contributed by atoms with E-state index >= 15 is 4.39 Å². The Hall–Kier alpha value is -2.72. The fourth-order valence-electron chi connectivity index (χ4n) is 4.75. The molecule has 2 unspecified atom stereocenters. The minimum Gasteiger partial charge on any atom is -0.353 e. The lowest BCUT2D eigenvalue weighted by atomic mass is 9.85. The Morgan fingerprint density at radius 2 is 1.58 bits per heavy atom. The summed E-state index contributed by atoms with van der Waals surface area (Å²) in [6, 6.07) is 1.79. The Kier molecular flexibility index (Phi) is 8.48. The molecule has 0 heterocycles. The molecule has 210 valence electrons. The number of hydrogen-bond acceptors (Lipinski definition) is 1. The normalized spacial score (nSPS) is 22.0. The van der Waals surface area contributed by atoms with E-state index in [4.69, 9.17) is 0 Å². The average molecular weight is 554 g/mol. The van der Waals surface area contributed by atoms with Gasteiger partial charge in [-0.15, -0.1) is 0 Å². The van der Waals surface area contributed by atoms with Gasteiger partial charge >= 0.3 is 12.4 Å². The summed E-state index contributed by atoms with van der Waals surface area (Å²) in [7, 11) is 0.